The van der Waals surface area contributed by atoms with Crippen molar-refractivity contribution in [3.8, 4) is 10.4 Å². The van der Waals surface area contributed by atoms with Gasteiger partial charge in [0.25, 0.3) is 11.8 Å². The minimum Gasteiger partial charge on any atom is -0.328 e. The second-order valence-corrected chi connectivity index (χ2v) is 6.56. The van der Waals surface area contributed by atoms with Crippen molar-refractivity contribution in [2.75, 3.05) is 0 Å². The molecule has 1 aromatic heterocycles. The summed E-state index contributed by atoms with van der Waals surface area (Å²) in [5.41, 5.74) is 2.92. The zero-order chi connectivity index (χ0) is 16.0. The first-order chi connectivity index (χ1) is 11.1. The Morgan fingerprint density at radius 1 is 1.13 bits per heavy atom. The zero-order valence-electron chi connectivity index (χ0n) is 11.6. The Morgan fingerprint density at radius 3 is 2.78 bits per heavy atom. The van der Waals surface area contributed by atoms with Gasteiger partial charge in [-0.05, 0) is 48.1 Å². The van der Waals surface area contributed by atoms with E-state index in [9.17, 15) is 9.59 Å². The highest BCUT2D eigenvalue weighted by atomic mass is 32.1. The van der Waals surface area contributed by atoms with E-state index in [2.05, 4.69) is 15.6 Å². The van der Waals surface area contributed by atoms with Crippen LogP contribution in [0.1, 0.15) is 20.8 Å². The molecule has 0 radical (unpaired) electrons. The highest BCUT2D eigenvalue weighted by Gasteiger charge is 2.20. The van der Waals surface area contributed by atoms with Gasteiger partial charge in [0.05, 0.1) is 5.56 Å². The Kier molecular flexibility index (Phi) is 3.17. The molecule has 2 aliphatic rings. The molecule has 112 valence electrons. The quantitative estimate of drug-likeness (QED) is 0.651. The minimum absolute atomic E-state index is 0.197. The van der Waals surface area contributed by atoms with E-state index in [1.807, 2.05) is 24.3 Å². The van der Waals surface area contributed by atoms with Gasteiger partial charge >= 0.3 is 0 Å². The molecule has 0 unspecified atom stereocenters. The molecule has 0 spiro atoms. The molecule has 4 rings (SSSR count). The molecule has 23 heavy (non-hydrogen) atoms. The van der Waals surface area contributed by atoms with Crippen LogP contribution >= 0.6 is 23.6 Å². The number of thiocarbonyl (C=S) groups is 1. The molecule has 7 heteroatoms. The van der Waals surface area contributed by atoms with Gasteiger partial charge in [-0.25, -0.2) is 4.99 Å². The summed E-state index contributed by atoms with van der Waals surface area (Å²) in [6.07, 6.45) is 3.35. The zero-order valence-corrected chi connectivity index (χ0v) is 13.3. The maximum Gasteiger partial charge on any atom is 0.277 e. The lowest BCUT2D eigenvalue weighted by molar-refractivity contribution is -0.115. The second kappa shape index (κ2) is 5.22. The first-order valence-electron chi connectivity index (χ1n) is 6.77. The monoisotopic (exact) mass is 339 g/mol. The van der Waals surface area contributed by atoms with Crippen LogP contribution in [-0.4, -0.2) is 23.1 Å². The van der Waals surface area contributed by atoms with E-state index in [0.717, 1.165) is 20.9 Å². The lowest BCUT2D eigenvalue weighted by Gasteiger charge is -2.00. The lowest BCUT2D eigenvalue weighted by atomic mass is 10.1. The number of benzene rings is 1. The van der Waals surface area contributed by atoms with E-state index in [1.54, 1.807) is 29.7 Å². The highest BCUT2D eigenvalue weighted by Crippen LogP contribution is 2.31. The van der Waals surface area contributed by atoms with Crippen molar-refractivity contribution in [3.05, 3.63) is 52.0 Å². The number of amides is 2. The molecule has 2 amide bonds. The van der Waals surface area contributed by atoms with Crippen molar-refractivity contribution >= 4 is 52.8 Å². The van der Waals surface area contributed by atoms with Crippen LogP contribution in [0.3, 0.4) is 0 Å². The topological polar surface area (TPSA) is 70.6 Å². The van der Waals surface area contributed by atoms with Crippen molar-refractivity contribution < 1.29 is 9.59 Å². The molecule has 1 saturated heterocycles. The number of nitrogens with zero attached hydrogens (tertiary/aromatic N) is 1. The fourth-order valence-corrected chi connectivity index (χ4v) is 3.58. The van der Waals surface area contributed by atoms with Gasteiger partial charge in [0.15, 0.2) is 5.11 Å². The van der Waals surface area contributed by atoms with Crippen LogP contribution in [0, 0.1) is 0 Å². The summed E-state index contributed by atoms with van der Waals surface area (Å²) >= 11 is 6.46. The normalized spacial score (nSPS) is 17.6. The molecule has 2 N–H and O–H groups in total. The number of thiophene rings is 1. The van der Waals surface area contributed by atoms with Crippen molar-refractivity contribution in [2.45, 2.75) is 0 Å². The van der Waals surface area contributed by atoms with E-state index in [4.69, 9.17) is 12.2 Å². The number of fused-ring (bicyclic) bond motifs is 1. The van der Waals surface area contributed by atoms with Gasteiger partial charge in [0.1, 0.15) is 5.70 Å². The number of hydrogen-bond donors (Lipinski definition) is 2. The fraction of sp³-hybridized carbons (Fsp3) is 0. The first-order valence-corrected chi connectivity index (χ1v) is 7.99. The third-order valence-corrected chi connectivity index (χ3v) is 4.81. The maximum absolute atomic E-state index is 11.7. The van der Waals surface area contributed by atoms with Crippen LogP contribution in [0.25, 0.3) is 16.5 Å². The summed E-state index contributed by atoms with van der Waals surface area (Å²) in [6.45, 7) is 0. The summed E-state index contributed by atoms with van der Waals surface area (Å²) in [5.74, 6) is -0.422. The Bertz CT molecular complexity index is 941. The molecule has 0 bridgehead atoms. The van der Waals surface area contributed by atoms with Gasteiger partial charge in [-0.15, -0.1) is 11.3 Å². The molecule has 0 saturated carbocycles. The van der Waals surface area contributed by atoms with Gasteiger partial charge in [0, 0.05) is 21.5 Å². The number of rotatable bonds is 2. The molecule has 0 aliphatic carbocycles. The number of nitrogens with one attached hydrogen (secondary N) is 2. The van der Waals surface area contributed by atoms with Crippen LogP contribution < -0.4 is 10.6 Å². The molecule has 2 aromatic rings. The van der Waals surface area contributed by atoms with Crippen LogP contribution in [0.4, 0.5) is 0 Å². The predicted molar refractivity (Wildman–Crippen MR) is 93.5 cm³/mol. The summed E-state index contributed by atoms with van der Waals surface area (Å²) in [6, 6.07) is 9.57. The van der Waals surface area contributed by atoms with Crippen molar-refractivity contribution in [1.29, 1.82) is 0 Å². The smallest absolute Gasteiger partial charge is 0.277 e. The first kappa shape index (κ1) is 14.0. The van der Waals surface area contributed by atoms with Crippen LogP contribution in [0.15, 0.2) is 41.0 Å². The third kappa shape index (κ3) is 2.49. The molecule has 1 aromatic carbocycles. The summed E-state index contributed by atoms with van der Waals surface area (Å²) in [7, 11) is 0. The van der Waals surface area contributed by atoms with Gasteiger partial charge in [0.2, 0.25) is 0 Å². The Balaban J connectivity index is 1.65. The maximum atomic E-state index is 11.7. The molecule has 1 fully saturated rings. The van der Waals surface area contributed by atoms with Gasteiger partial charge in [-0.2, -0.15) is 0 Å². The average Bonchev–Trinajstić information content (AvgIpc) is 3.21. The van der Waals surface area contributed by atoms with Gasteiger partial charge in [-0.1, -0.05) is 6.07 Å². The minimum atomic E-state index is -0.225. The van der Waals surface area contributed by atoms with Crippen molar-refractivity contribution in [2.24, 2.45) is 4.99 Å². The standard InChI is InChI=1S/C16H9N3O2S2/c20-14-11-3-1-8(5-9(11)7-17-14)13-4-2-10(23-13)6-12-15(21)19-16(22)18-12/h1-7H,(H2,18,19,21,22)/b12-6-. The number of aliphatic imine (C=N–C) groups is 1. The lowest BCUT2D eigenvalue weighted by Crippen LogP contribution is -2.21. The van der Waals surface area contributed by atoms with Crippen LogP contribution in [0.2, 0.25) is 0 Å². The Hall–Kier alpha value is -2.64. The fourth-order valence-electron chi connectivity index (χ4n) is 2.43. The average molecular weight is 339 g/mol. The molecule has 2 aliphatic heterocycles. The highest BCUT2D eigenvalue weighted by molar-refractivity contribution is 7.80. The number of carbonyl (C=O) groups is 2. The summed E-state index contributed by atoms with van der Waals surface area (Å²) in [5, 5.41) is 5.67. The summed E-state index contributed by atoms with van der Waals surface area (Å²) < 4.78 is 0. The van der Waals surface area contributed by atoms with Gasteiger partial charge < -0.3 is 5.32 Å². The van der Waals surface area contributed by atoms with E-state index >= 15 is 0 Å². The van der Waals surface area contributed by atoms with E-state index in [-0.39, 0.29) is 11.8 Å². The molecule has 3 heterocycles. The van der Waals surface area contributed by atoms with Crippen LogP contribution in [0.5, 0.6) is 0 Å². The Morgan fingerprint density at radius 2 is 2.00 bits per heavy atom. The third-order valence-electron chi connectivity index (χ3n) is 3.52. The predicted octanol–water partition coefficient (Wildman–Crippen LogP) is 2.33. The number of carbonyl (C=O) groups excluding carboxylic acids is 2. The summed E-state index contributed by atoms with van der Waals surface area (Å²) in [4.78, 5) is 28.9. The van der Waals surface area contributed by atoms with Gasteiger partial charge in [-0.3, -0.25) is 14.9 Å². The van der Waals surface area contributed by atoms with E-state index in [0.29, 0.717) is 16.4 Å². The largest absolute Gasteiger partial charge is 0.328 e. The second-order valence-electron chi connectivity index (χ2n) is 5.03. The number of hydrogen-bond acceptors (Lipinski definition) is 4. The van der Waals surface area contributed by atoms with Crippen molar-refractivity contribution in [3.63, 3.8) is 0 Å². The molecule has 0 atom stereocenters. The van der Waals surface area contributed by atoms with Crippen molar-refractivity contribution in [1.82, 2.24) is 10.6 Å². The molecular weight excluding hydrogens is 330 g/mol. The van der Waals surface area contributed by atoms with E-state index in [1.165, 1.54) is 0 Å². The molecular formula is C16H9N3O2S2. The molecule has 5 nitrogen and oxygen atoms in total. The SMILES string of the molecule is O=C1NC(=S)N/C1=C\c1ccc(-c2ccc3c(c2)C=NC3=O)s1. The van der Waals surface area contributed by atoms with E-state index < -0.39 is 0 Å². The van der Waals surface area contributed by atoms with Crippen LogP contribution in [-0.2, 0) is 4.79 Å². The Labute approximate surface area is 140 Å².